The number of hydrogen-bond donors (Lipinski definition) is 21. The van der Waals surface area contributed by atoms with Gasteiger partial charge in [-0.05, 0) is 125 Å². The van der Waals surface area contributed by atoms with Crippen molar-refractivity contribution < 1.29 is 71.9 Å². The highest BCUT2D eigenvalue weighted by Gasteiger charge is 2.38. The van der Waals surface area contributed by atoms with Crippen LogP contribution in [0.4, 0.5) is 0 Å². The van der Waals surface area contributed by atoms with Crippen molar-refractivity contribution in [3.8, 4) is 0 Å². The summed E-state index contributed by atoms with van der Waals surface area (Å²) in [6, 6.07) is 0.681. The van der Waals surface area contributed by atoms with Crippen molar-refractivity contribution >= 4 is 105 Å². The zero-order valence-corrected chi connectivity index (χ0v) is 63.4. The number of H-pyrrole nitrogens is 1. The lowest BCUT2D eigenvalue weighted by atomic mass is 9.96. The number of unbranched alkanes of at least 4 members (excludes halogenated alkanes) is 2. The number of rotatable bonds is 52. The van der Waals surface area contributed by atoms with Gasteiger partial charge in [-0.3, -0.25) is 76.9 Å². The molecular formula is C72H116N22O15. The molecule has 12 atom stereocenters. The number of benzene rings is 2. The van der Waals surface area contributed by atoms with E-state index in [9.17, 15) is 71.9 Å². The van der Waals surface area contributed by atoms with Crippen LogP contribution in [0, 0.1) is 17.8 Å². The van der Waals surface area contributed by atoms with Crippen LogP contribution in [-0.2, 0) is 84.8 Å². The van der Waals surface area contributed by atoms with E-state index in [1.54, 1.807) is 102 Å². The summed E-state index contributed by atoms with van der Waals surface area (Å²) in [5, 5.41) is 32.1. The topological polar surface area (TPSA) is 637 Å². The highest BCUT2D eigenvalue weighted by atomic mass is 16.2. The minimum atomic E-state index is -1.76. The molecule has 3 rings (SSSR count). The van der Waals surface area contributed by atoms with Crippen LogP contribution in [0.25, 0.3) is 10.9 Å². The van der Waals surface area contributed by atoms with E-state index in [-0.39, 0.29) is 96.3 Å². The highest BCUT2D eigenvalue weighted by Crippen LogP contribution is 2.21. The van der Waals surface area contributed by atoms with Gasteiger partial charge in [0.2, 0.25) is 88.6 Å². The molecule has 0 bridgehead atoms. The average Bonchev–Trinajstić information content (AvgIpc) is 1.79. The summed E-state index contributed by atoms with van der Waals surface area (Å²) >= 11 is 0. The molecule has 0 spiro atoms. The molecule has 0 unspecified atom stereocenters. The number of primary amides is 3. The molecule has 15 amide bonds. The first-order valence-electron chi connectivity index (χ1n) is 36.8. The third kappa shape index (κ3) is 33.5. The number of para-hydroxylation sites is 1. The molecule has 0 radical (unpaired) electrons. The third-order valence-corrected chi connectivity index (χ3v) is 17.9. The van der Waals surface area contributed by atoms with Crippen molar-refractivity contribution in [3.05, 3.63) is 71.9 Å². The Labute approximate surface area is 634 Å². The molecule has 1 heterocycles. The fourth-order valence-corrected chi connectivity index (χ4v) is 11.6. The van der Waals surface area contributed by atoms with Crippen LogP contribution in [0.2, 0.25) is 0 Å². The number of carbonyl (C=O) groups excluding carboxylic acids is 15. The largest absolute Gasteiger partial charge is 0.370 e. The molecule has 2 aromatic carbocycles. The Hall–Kier alpha value is -10.8. The van der Waals surface area contributed by atoms with Crippen LogP contribution in [0.5, 0.6) is 0 Å². The molecule has 0 saturated carbocycles. The van der Waals surface area contributed by atoms with E-state index >= 15 is 0 Å². The fourth-order valence-electron chi connectivity index (χ4n) is 11.6. The summed E-state index contributed by atoms with van der Waals surface area (Å²) in [5.74, 6) is -15.0. The minimum absolute atomic E-state index is 0.0153. The molecule has 604 valence electrons. The Kier molecular flexibility index (Phi) is 41.1. The van der Waals surface area contributed by atoms with Crippen molar-refractivity contribution in [1.29, 1.82) is 0 Å². The second kappa shape index (κ2) is 48.5. The predicted molar refractivity (Wildman–Crippen MR) is 407 cm³/mol. The summed E-state index contributed by atoms with van der Waals surface area (Å²) < 4.78 is 0. The van der Waals surface area contributed by atoms with Crippen molar-refractivity contribution in [1.82, 2.24) is 68.8 Å². The molecule has 0 saturated heterocycles. The van der Waals surface area contributed by atoms with Crippen LogP contribution in [-0.4, -0.2) is 199 Å². The fraction of sp³-hybridized carbons (Fsp3) is 0.583. The van der Waals surface area contributed by atoms with E-state index in [2.05, 4.69) is 73.8 Å². The summed E-state index contributed by atoms with van der Waals surface area (Å²) in [6.07, 6.45) is 2.39. The van der Waals surface area contributed by atoms with Gasteiger partial charge in [0, 0.05) is 49.8 Å². The lowest BCUT2D eigenvalue weighted by molar-refractivity contribution is -0.137. The minimum Gasteiger partial charge on any atom is -0.370 e. The monoisotopic (exact) mass is 1530 g/mol. The Bertz CT molecular complexity index is 3570. The molecule has 0 aliphatic heterocycles. The van der Waals surface area contributed by atoms with Crippen LogP contribution in [0.3, 0.4) is 0 Å². The predicted octanol–water partition coefficient (Wildman–Crippen LogP) is -4.54. The molecule has 37 heteroatoms. The number of fused-ring (bicyclic) bond motifs is 1. The van der Waals surface area contributed by atoms with Gasteiger partial charge < -0.3 is 115 Å². The van der Waals surface area contributed by atoms with Crippen molar-refractivity contribution in [3.63, 3.8) is 0 Å². The van der Waals surface area contributed by atoms with Gasteiger partial charge in [0.15, 0.2) is 5.96 Å². The van der Waals surface area contributed by atoms with Crippen molar-refractivity contribution in [2.24, 2.45) is 68.6 Å². The van der Waals surface area contributed by atoms with E-state index in [0.717, 1.165) is 0 Å². The van der Waals surface area contributed by atoms with Crippen LogP contribution in [0.15, 0.2) is 65.8 Å². The van der Waals surface area contributed by atoms with E-state index in [1.165, 1.54) is 6.92 Å². The summed E-state index contributed by atoms with van der Waals surface area (Å²) in [6.45, 7) is 10.8. The average molecular weight is 1530 g/mol. The zero-order valence-electron chi connectivity index (χ0n) is 63.4. The number of nitrogens with two attached hydrogens (primary N) is 8. The Morgan fingerprint density at radius 3 is 1.37 bits per heavy atom. The van der Waals surface area contributed by atoms with Gasteiger partial charge in [0.05, 0.1) is 13.0 Å². The highest BCUT2D eigenvalue weighted by molar-refractivity contribution is 6.00. The molecule has 29 N–H and O–H groups in total. The molecule has 109 heavy (non-hydrogen) atoms. The number of nitrogens with one attached hydrogen (secondary N) is 13. The van der Waals surface area contributed by atoms with E-state index in [4.69, 9.17) is 45.9 Å². The molecular weight excluding hydrogens is 1410 g/mol. The van der Waals surface area contributed by atoms with Crippen molar-refractivity contribution in [2.75, 3.05) is 32.7 Å². The first kappa shape index (κ1) is 92.4. The van der Waals surface area contributed by atoms with Crippen LogP contribution in [0.1, 0.15) is 149 Å². The maximum atomic E-state index is 14.8. The maximum absolute atomic E-state index is 14.8. The number of aromatic nitrogens is 1. The quantitative estimate of drug-likeness (QED) is 0.0144. The number of carbonyl (C=O) groups is 15. The molecule has 0 aliphatic carbocycles. The summed E-state index contributed by atoms with van der Waals surface area (Å²) in [5.41, 5.74) is 46.6. The lowest BCUT2D eigenvalue weighted by Crippen LogP contribution is -2.61. The smallest absolute Gasteiger partial charge is 0.243 e. The number of aromatic amines is 1. The second-order valence-electron chi connectivity index (χ2n) is 27.6. The number of hydrogen-bond acceptors (Lipinski definition) is 19. The zero-order chi connectivity index (χ0) is 81.4. The molecule has 0 fully saturated rings. The van der Waals surface area contributed by atoms with Gasteiger partial charge in [-0.15, -0.1) is 0 Å². The van der Waals surface area contributed by atoms with Crippen LogP contribution < -0.4 is 110 Å². The van der Waals surface area contributed by atoms with Gasteiger partial charge in [-0.25, -0.2) is 0 Å². The summed E-state index contributed by atoms with van der Waals surface area (Å²) in [4.78, 5) is 212. The molecule has 37 nitrogen and oxygen atoms in total. The SMILES string of the molecule is CC[C@H](C)[C@H](NC(=O)[C@H](Cc1c[nH]c2ccccc12)NC(=O)[C@H](CCCN)NC(=O)CNC(=O)[C@H](CC(N)=O)NC(=O)[C@@H](NC(=O)[C@H](CCCCN)NC(=O)[C@@H](NC(=O)[C@H](Cc1ccccc1)NC(=O)[C@H](CCCN=C(N)N)NC(C)=O)C(C)C)C(C)C)C(=O)N[C@@H](CCCCN)C(=O)N[C@@H](CCC(N)=O)C(N)=O. The lowest BCUT2D eigenvalue weighted by Gasteiger charge is -2.29. The number of amides is 15. The summed E-state index contributed by atoms with van der Waals surface area (Å²) in [7, 11) is 0. The van der Waals surface area contributed by atoms with Crippen LogP contribution >= 0.6 is 0 Å². The first-order valence-corrected chi connectivity index (χ1v) is 36.8. The van der Waals surface area contributed by atoms with Gasteiger partial charge >= 0.3 is 0 Å². The molecule has 0 aliphatic rings. The van der Waals surface area contributed by atoms with Gasteiger partial charge in [-0.2, -0.15) is 0 Å². The van der Waals surface area contributed by atoms with Crippen molar-refractivity contribution in [2.45, 2.75) is 218 Å². The molecule has 3 aromatic rings. The number of guanidine groups is 1. The number of aliphatic imine (C=N–C) groups is 1. The maximum Gasteiger partial charge on any atom is 0.243 e. The second-order valence-corrected chi connectivity index (χ2v) is 27.6. The standard InChI is InChI=1S/C72H116N22O15/c1-8-41(6)60(71(109)88-50(24-14-16-30-73)65(103)86-47(61(78)99)28-29-55(76)96)94-68(106)53(35-44-37-82-46-23-13-12-22-45(44)46)90-64(102)49(26-18-32-75)85-57(98)38-83-62(100)54(36-56(77)97)91-70(108)59(40(4)5)92-66(104)51(25-15-17-31-74)87-69(107)58(39(2)3)93-67(105)52(34-43-20-10-9-11-21-43)89-63(101)48(84-42(7)95)27-19-33-81-72(79)80/h9-13,20-23,37,39-41,47-54,58-60,82H,8,14-19,24-36,38,73-75H2,1-7H3,(H2,76,96)(H2,77,97)(H2,78,99)(H,83,100)(H,84,95)(H,85,98)(H,86,103)(H,87,107)(H,88,109)(H,89,101)(H,90,102)(H,91,108)(H,92,104)(H,93,105)(H,94,106)(H4,79,80,81)/t41-,47-,48-,49-,50-,51-,52-,53-,54-,58-,59-,60-/m0/s1. The van der Waals surface area contributed by atoms with E-state index in [1.807, 2.05) is 0 Å². The van der Waals surface area contributed by atoms with Gasteiger partial charge in [0.25, 0.3) is 0 Å². The number of nitrogens with zero attached hydrogens (tertiary/aromatic N) is 1. The van der Waals surface area contributed by atoms with Gasteiger partial charge in [-0.1, -0.05) is 96.5 Å². The van der Waals surface area contributed by atoms with E-state index < -0.39 is 186 Å². The Morgan fingerprint density at radius 1 is 0.431 bits per heavy atom. The Balaban J connectivity index is 1.88. The van der Waals surface area contributed by atoms with Gasteiger partial charge in [0.1, 0.15) is 66.5 Å². The third-order valence-electron chi connectivity index (χ3n) is 17.9. The Morgan fingerprint density at radius 2 is 0.872 bits per heavy atom. The van der Waals surface area contributed by atoms with E-state index in [0.29, 0.717) is 54.1 Å². The normalized spacial score (nSPS) is 14.5. The first-order chi connectivity index (χ1) is 51.6. The molecule has 1 aromatic heterocycles.